The van der Waals surface area contributed by atoms with Crippen molar-refractivity contribution in [2.45, 2.75) is 12.2 Å². The molecule has 1 heterocycles. The van der Waals surface area contributed by atoms with Crippen LogP contribution in [0.4, 0.5) is 8.78 Å². The van der Waals surface area contributed by atoms with Gasteiger partial charge in [-0.1, -0.05) is 40.2 Å². The smallest absolute Gasteiger partial charge is 0.387 e. The molecule has 0 fully saturated rings. The van der Waals surface area contributed by atoms with E-state index in [1.54, 1.807) is 12.1 Å². The van der Waals surface area contributed by atoms with Gasteiger partial charge in [0.15, 0.2) is 5.96 Å². The molecule has 126 valence electrons. The molecule has 2 aromatic carbocycles. The molecule has 0 saturated carbocycles. The average molecular weight is 396 g/mol. The molecule has 1 unspecified atom stereocenters. The van der Waals surface area contributed by atoms with Gasteiger partial charge in [0.1, 0.15) is 11.3 Å². The summed E-state index contributed by atoms with van der Waals surface area (Å²) in [5.74, 6) is 0.546. The van der Waals surface area contributed by atoms with Crippen molar-refractivity contribution >= 4 is 21.9 Å². The zero-order valence-corrected chi connectivity index (χ0v) is 14.5. The maximum atomic E-state index is 12.3. The number of alkyl halides is 2. The van der Waals surface area contributed by atoms with E-state index in [4.69, 9.17) is 5.73 Å². The molecule has 7 heteroatoms. The van der Waals surface area contributed by atoms with Crippen LogP contribution in [0.3, 0.4) is 0 Å². The molecular formula is C17H16BrF2N3O. The first-order valence-electron chi connectivity index (χ1n) is 7.28. The number of benzene rings is 2. The van der Waals surface area contributed by atoms with E-state index in [-0.39, 0.29) is 5.75 Å². The van der Waals surface area contributed by atoms with E-state index in [0.717, 1.165) is 15.6 Å². The summed E-state index contributed by atoms with van der Waals surface area (Å²) in [6, 6.07) is 14.4. The lowest BCUT2D eigenvalue weighted by Crippen LogP contribution is -2.34. The van der Waals surface area contributed by atoms with Gasteiger partial charge in [0, 0.05) is 11.5 Å². The third kappa shape index (κ3) is 3.08. The van der Waals surface area contributed by atoms with Gasteiger partial charge in [-0.05, 0) is 35.4 Å². The Hall–Kier alpha value is -2.15. The summed E-state index contributed by atoms with van der Waals surface area (Å²) >= 11 is 3.48. The standard InChI is InChI=1S/C17H16BrF2N3O/c1-23-10-17(22-16(23)21,12-3-2-4-13(18)9-12)11-5-7-14(8-6-11)24-15(19)20/h2-9,15H,10H2,1H3,(H2,21,22). The molecule has 1 atom stereocenters. The first kappa shape index (κ1) is 16.7. The monoisotopic (exact) mass is 395 g/mol. The molecule has 1 aliphatic rings. The molecule has 0 saturated heterocycles. The normalized spacial score (nSPS) is 20.4. The molecule has 1 aliphatic heterocycles. The number of nitrogens with zero attached hydrogens (tertiary/aromatic N) is 2. The number of ether oxygens (including phenoxy) is 1. The Morgan fingerprint density at radius 2 is 1.92 bits per heavy atom. The molecule has 0 aromatic heterocycles. The van der Waals surface area contributed by atoms with Crippen LogP contribution in [0.15, 0.2) is 58.0 Å². The van der Waals surface area contributed by atoms with Crippen LogP contribution in [0.5, 0.6) is 5.75 Å². The van der Waals surface area contributed by atoms with Crippen LogP contribution in [0.2, 0.25) is 0 Å². The minimum atomic E-state index is -2.85. The fourth-order valence-corrected chi connectivity index (χ4v) is 3.28. The van der Waals surface area contributed by atoms with E-state index >= 15 is 0 Å². The van der Waals surface area contributed by atoms with Crippen LogP contribution in [-0.2, 0) is 5.54 Å². The van der Waals surface area contributed by atoms with Gasteiger partial charge >= 0.3 is 6.61 Å². The lowest BCUT2D eigenvalue weighted by Gasteiger charge is -2.28. The number of likely N-dealkylation sites (N-methyl/N-ethyl adjacent to an activating group) is 1. The largest absolute Gasteiger partial charge is 0.435 e. The highest BCUT2D eigenvalue weighted by Crippen LogP contribution is 2.39. The van der Waals surface area contributed by atoms with E-state index in [1.165, 1.54) is 12.1 Å². The number of halogens is 3. The van der Waals surface area contributed by atoms with Gasteiger partial charge in [0.25, 0.3) is 0 Å². The fourth-order valence-electron chi connectivity index (χ4n) is 2.88. The summed E-state index contributed by atoms with van der Waals surface area (Å²) in [6.07, 6.45) is 0. The molecule has 0 aliphatic carbocycles. The van der Waals surface area contributed by atoms with Gasteiger partial charge in [0.05, 0.1) is 6.54 Å². The molecule has 0 spiro atoms. The summed E-state index contributed by atoms with van der Waals surface area (Å²) < 4.78 is 30.0. The second-order valence-electron chi connectivity index (χ2n) is 5.60. The predicted molar refractivity (Wildman–Crippen MR) is 92.2 cm³/mol. The highest BCUT2D eigenvalue weighted by molar-refractivity contribution is 9.10. The number of guanidine groups is 1. The average Bonchev–Trinajstić information content (AvgIpc) is 2.84. The number of hydrogen-bond donors (Lipinski definition) is 1. The van der Waals surface area contributed by atoms with Crippen LogP contribution in [0, 0.1) is 0 Å². The lowest BCUT2D eigenvalue weighted by atomic mass is 9.83. The van der Waals surface area contributed by atoms with Gasteiger partial charge < -0.3 is 15.4 Å². The molecule has 4 nitrogen and oxygen atoms in total. The Morgan fingerprint density at radius 3 is 2.46 bits per heavy atom. The van der Waals surface area contributed by atoms with Crippen LogP contribution in [0.25, 0.3) is 0 Å². The molecular weight excluding hydrogens is 380 g/mol. The summed E-state index contributed by atoms with van der Waals surface area (Å²) in [5, 5.41) is 0. The van der Waals surface area contributed by atoms with E-state index in [1.807, 2.05) is 36.2 Å². The third-order valence-corrected chi connectivity index (χ3v) is 4.51. The number of hydrogen-bond acceptors (Lipinski definition) is 4. The second-order valence-corrected chi connectivity index (χ2v) is 6.52. The Kier molecular flexibility index (Phi) is 4.45. The molecule has 0 amide bonds. The van der Waals surface area contributed by atoms with Crippen molar-refractivity contribution in [2.75, 3.05) is 13.6 Å². The summed E-state index contributed by atoms with van der Waals surface area (Å²) in [6.45, 7) is -2.29. The maximum Gasteiger partial charge on any atom is 0.387 e. The van der Waals surface area contributed by atoms with Crippen molar-refractivity contribution in [3.63, 3.8) is 0 Å². The molecule has 2 aromatic rings. The van der Waals surface area contributed by atoms with E-state index < -0.39 is 12.2 Å². The van der Waals surface area contributed by atoms with Crippen LogP contribution in [-0.4, -0.2) is 31.1 Å². The molecule has 24 heavy (non-hydrogen) atoms. The van der Waals surface area contributed by atoms with Gasteiger partial charge in [-0.3, -0.25) is 0 Å². The minimum absolute atomic E-state index is 0.112. The molecule has 0 bridgehead atoms. The van der Waals surface area contributed by atoms with Gasteiger partial charge in [-0.2, -0.15) is 8.78 Å². The molecule has 2 N–H and O–H groups in total. The van der Waals surface area contributed by atoms with E-state index in [0.29, 0.717) is 12.5 Å². The quantitative estimate of drug-likeness (QED) is 0.860. The Bertz CT molecular complexity index is 767. The first-order chi connectivity index (χ1) is 11.4. The van der Waals surface area contributed by atoms with Crippen LogP contribution in [0.1, 0.15) is 11.1 Å². The SMILES string of the molecule is CN1CC(c2ccc(OC(F)F)cc2)(c2cccc(Br)c2)N=C1N. The van der Waals surface area contributed by atoms with E-state index in [2.05, 4.69) is 25.7 Å². The first-order valence-corrected chi connectivity index (χ1v) is 8.08. The Morgan fingerprint density at radius 1 is 1.21 bits per heavy atom. The van der Waals surface area contributed by atoms with Crippen molar-refractivity contribution in [1.29, 1.82) is 0 Å². The van der Waals surface area contributed by atoms with Crippen molar-refractivity contribution < 1.29 is 13.5 Å². The van der Waals surface area contributed by atoms with Crippen molar-refractivity contribution in [2.24, 2.45) is 10.7 Å². The highest BCUT2D eigenvalue weighted by Gasteiger charge is 2.40. The third-order valence-electron chi connectivity index (χ3n) is 4.02. The summed E-state index contributed by atoms with van der Waals surface area (Å²) in [5.41, 5.74) is 7.13. The second kappa shape index (κ2) is 6.39. The van der Waals surface area contributed by atoms with Crippen molar-refractivity contribution in [3.05, 3.63) is 64.1 Å². The van der Waals surface area contributed by atoms with Crippen LogP contribution >= 0.6 is 15.9 Å². The number of rotatable bonds is 4. The minimum Gasteiger partial charge on any atom is -0.435 e. The Labute approximate surface area is 147 Å². The predicted octanol–water partition coefficient (Wildman–Crippen LogP) is 3.55. The number of nitrogens with two attached hydrogens (primary N) is 1. The summed E-state index contributed by atoms with van der Waals surface area (Å²) in [4.78, 5) is 6.55. The Balaban J connectivity index is 2.07. The van der Waals surface area contributed by atoms with E-state index in [9.17, 15) is 8.78 Å². The fraction of sp³-hybridized carbons (Fsp3) is 0.235. The van der Waals surface area contributed by atoms with Crippen molar-refractivity contribution in [3.8, 4) is 5.75 Å². The zero-order chi connectivity index (χ0) is 17.3. The molecule has 0 radical (unpaired) electrons. The summed E-state index contributed by atoms with van der Waals surface area (Å²) in [7, 11) is 1.87. The molecule has 3 rings (SSSR count). The zero-order valence-electron chi connectivity index (χ0n) is 12.9. The highest BCUT2D eigenvalue weighted by atomic mass is 79.9. The van der Waals surface area contributed by atoms with Gasteiger partial charge in [-0.15, -0.1) is 0 Å². The topological polar surface area (TPSA) is 50.8 Å². The number of aliphatic imine (C=N–C) groups is 1. The lowest BCUT2D eigenvalue weighted by molar-refractivity contribution is -0.0498. The maximum absolute atomic E-state index is 12.3. The van der Waals surface area contributed by atoms with Gasteiger partial charge in [-0.25, -0.2) is 4.99 Å². The van der Waals surface area contributed by atoms with Crippen molar-refractivity contribution in [1.82, 2.24) is 4.90 Å². The van der Waals surface area contributed by atoms with Gasteiger partial charge in [0.2, 0.25) is 0 Å². The van der Waals surface area contributed by atoms with Crippen LogP contribution < -0.4 is 10.5 Å².